The summed E-state index contributed by atoms with van der Waals surface area (Å²) >= 11 is 13.2. The number of aromatic carboxylic acids is 1. The van der Waals surface area contributed by atoms with E-state index in [2.05, 4.69) is 6.92 Å². The summed E-state index contributed by atoms with van der Waals surface area (Å²) in [6.07, 6.45) is 6.02. The molecule has 31 heavy (non-hydrogen) atoms. The van der Waals surface area contributed by atoms with Crippen LogP contribution in [0.4, 0.5) is 0 Å². The summed E-state index contributed by atoms with van der Waals surface area (Å²) in [6, 6.07) is 8.46. The fraction of sp³-hybridized carbons (Fsp3) is 0.333. The summed E-state index contributed by atoms with van der Waals surface area (Å²) in [5, 5.41) is 9.79. The molecule has 2 aliphatic carbocycles. The molecular weight excluding hydrogens is 446 g/mol. The van der Waals surface area contributed by atoms with Gasteiger partial charge in [0.1, 0.15) is 17.4 Å². The van der Waals surface area contributed by atoms with E-state index < -0.39 is 5.97 Å². The van der Waals surface area contributed by atoms with Crippen LogP contribution in [0, 0.1) is 5.41 Å². The smallest absolute Gasteiger partial charge is 1.00 e. The number of ether oxygens (including phenoxy) is 1. The molecule has 0 amide bonds. The van der Waals surface area contributed by atoms with Gasteiger partial charge in [0.15, 0.2) is 5.78 Å². The van der Waals surface area contributed by atoms with Gasteiger partial charge in [-0.3, -0.25) is 4.79 Å². The van der Waals surface area contributed by atoms with Gasteiger partial charge in [0.25, 0.3) is 0 Å². The number of carboxylic acid groups (broad SMARTS) is 1. The second-order valence-electron chi connectivity index (χ2n) is 8.06. The number of hydrogen-bond donors (Lipinski definition) is 1. The molecule has 2 aliphatic rings. The second-order valence-corrected chi connectivity index (χ2v) is 8.81. The summed E-state index contributed by atoms with van der Waals surface area (Å²) < 4.78 is 5.95. The van der Waals surface area contributed by atoms with Crippen molar-refractivity contribution in [2.75, 3.05) is 0 Å². The first-order chi connectivity index (χ1) is 14.3. The molecule has 4 rings (SSSR count). The van der Waals surface area contributed by atoms with Crippen LogP contribution in [0.3, 0.4) is 0 Å². The van der Waals surface area contributed by atoms with Gasteiger partial charge in [0.2, 0.25) is 0 Å². The van der Waals surface area contributed by atoms with Crippen molar-refractivity contribution in [2.45, 2.75) is 45.6 Å². The third kappa shape index (κ3) is 4.60. The topological polar surface area (TPSA) is 63.6 Å². The van der Waals surface area contributed by atoms with E-state index in [0.29, 0.717) is 22.2 Å². The Morgan fingerprint density at radius 3 is 2.58 bits per heavy atom. The molecule has 0 radical (unpaired) electrons. The summed E-state index contributed by atoms with van der Waals surface area (Å²) in [7, 11) is 0. The Hall–Kier alpha value is -1.30. The zero-order valence-corrected chi connectivity index (χ0v) is 21.1. The van der Waals surface area contributed by atoms with E-state index >= 15 is 0 Å². The van der Waals surface area contributed by atoms with E-state index in [1.807, 2.05) is 6.07 Å². The van der Waals surface area contributed by atoms with Crippen LogP contribution >= 0.6 is 23.2 Å². The van der Waals surface area contributed by atoms with Crippen molar-refractivity contribution in [3.63, 3.8) is 0 Å². The first-order valence-corrected chi connectivity index (χ1v) is 10.8. The van der Waals surface area contributed by atoms with Gasteiger partial charge in [0, 0.05) is 17.4 Å². The Morgan fingerprint density at radius 1 is 1.23 bits per heavy atom. The minimum Gasteiger partial charge on any atom is -1.00 e. The molecule has 4 nitrogen and oxygen atoms in total. The Kier molecular flexibility index (Phi) is 7.60. The van der Waals surface area contributed by atoms with Crippen LogP contribution in [-0.2, 0) is 17.8 Å². The average molecular weight is 469 g/mol. The van der Waals surface area contributed by atoms with E-state index in [4.69, 9.17) is 33.0 Å². The van der Waals surface area contributed by atoms with Crippen LogP contribution in [0.15, 0.2) is 36.4 Å². The zero-order chi connectivity index (χ0) is 21.5. The molecule has 7 heteroatoms. The number of hydrogen-bond acceptors (Lipinski definition) is 3. The van der Waals surface area contributed by atoms with E-state index in [1.54, 1.807) is 30.3 Å². The molecule has 158 valence electrons. The largest absolute Gasteiger partial charge is 1.00 e. The monoisotopic (exact) mass is 468 g/mol. The van der Waals surface area contributed by atoms with Crippen LogP contribution in [0.25, 0.3) is 5.57 Å². The summed E-state index contributed by atoms with van der Waals surface area (Å²) in [4.78, 5) is 23.1. The quantitative estimate of drug-likeness (QED) is 0.659. The number of benzene rings is 2. The number of carbonyl (C=O) groups excluding carboxylic acids is 1. The van der Waals surface area contributed by atoms with Gasteiger partial charge in [-0.1, -0.05) is 48.7 Å². The number of ketones is 1. The van der Waals surface area contributed by atoms with Gasteiger partial charge in [0.05, 0.1) is 10.6 Å². The average Bonchev–Trinajstić information content (AvgIpc) is 3.03. The standard InChI is InChI=1S/C24H22Cl2O4.Na.H/c1-2-8-24-9-7-17(27)11-18(24)20-16(12-24)10-19(21(25)22(20)26)30-13-14-3-5-15(6-4-14)23(28)29;;/h3-6,10-11H,2,7-9,12-13H2,1H3,(H,28,29);;/q;+1;-1. The first-order valence-electron chi connectivity index (χ1n) is 10.1. The minimum absolute atomic E-state index is 0. The van der Waals surface area contributed by atoms with Crippen LogP contribution in [0.2, 0.25) is 10.0 Å². The van der Waals surface area contributed by atoms with Crippen molar-refractivity contribution in [1.82, 2.24) is 0 Å². The van der Waals surface area contributed by atoms with Crippen molar-refractivity contribution in [2.24, 2.45) is 5.41 Å². The fourth-order valence-corrected chi connectivity index (χ4v) is 5.21. The minimum atomic E-state index is -0.967. The molecule has 0 heterocycles. The van der Waals surface area contributed by atoms with Crippen molar-refractivity contribution in [3.05, 3.63) is 68.7 Å². The van der Waals surface area contributed by atoms with E-state index in [-0.39, 0.29) is 54.4 Å². The van der Waals surface area contributed by atoms with Crippen LogP contribution in [0.1, 0.15) is 61.1 Å². The predicted octanol–water partition coefficient (Wildman–Crippen LogP) is 3.48. The van der Waals surface area contributed by atoms with Crippen molar-refractivity contribution in [3.8, 4) is 5.75 Å². The Balaban J connectivity index is 0.00000181. The summed E-state index contributed by atoms with van der Waals surface area (Å²) in [5.74, 6) is -0.326. The van der Waals surface area contributed by atoms with Gasteiger partial charge < -0.3 is 11.3 Å². The molecule has 1 atom stereocenters. The molecule has 0 fully saturated rings. The van der Waals surface area contributed by atoms with Crippen LogP contribution in [0.5, 0.6) is 5.75 Å². The molecule has 1 unspecified atom stereocenters. The van der Waals surface area contributed by atoms with Crippen molar-refractivity contribution < 1.29 is 50.4 Å². The van der Waals surface area contributed by atoms with Crippen LogP contribution < -0.4 is 34.3 Å². The normalized spacial score (nSPS) is 19.2. The molecule has 0 spiro atoms. The van der Waals surface area contributed by atoms with Gasteiger partial charge in [-0.05, 0) is 60.2 Å². The van der Waals surface area contributed by atoms with Gasteiger partial charge >= 0.3 is 35.5 Å². The predicted molar refractivity (Wildman–Crippen MR) is 119 cm³/mol. The molecule has 0 saturated heterocycles. The maximum absolute atomic E-state index is 12.1. The second kappa shape index (κ2) is 9.68. The Morgan fingerprint density at radius 2 is 1.94 bits per heavy atom. The van der Waals surface area contributed by atoms with Gasteiger partial charge in [-0.25, -0.2) is 4.79 Å². The maximum atomic E-state index is 12.1. The zero-order valence-electron chi connectivity index (χ0n) is 18.6. The molecule has 0 saturated carbocycles. The number of carbonyl (C=O) groups is 2. The summed E-state index contributed by atoms with van der Waals surface area (Å²) in [5.41, 5.74) is 3.99. The number of carboxylic acids is 1. The molecule has 0 aromatic heterocycles. The Bertz CT molecular complexity index is 1070. The third-order valence-corrected chi connectivity index (χ3v) is 6.95. The van der Waals surface area contributed by atoms with Crippen LogP contribution in [-0.4, -0.2) is 16.9 Å². The maximum Gasteiger partial charge on any atom is 1.00 e. The van der Waals surface area contributed by atoms with Crippen molar-refractivity contribution >= 4 is 40.5 Å². The van der Waals surface area contributed by atoms with E-state index in [9.17, 15) is 9.59 Å². The van der Waals surface area contributed by atoms with Gasteiger partial charge in [-0.2, -0.15) is 0 Å². The number of fused-ring (bicyclic) bond motifs is 3. The van der Waals surface area contributed by atoms with Crippen molar-refractivity contribution in [1.29, 1.82) is 0 Å². The number of halogens is 2. The fourth-order valence-electron chi connectivity index (χ4n) is 4.69. The molecule has 2 aromatic rings. The van der Waals surface area contributed by atoms with E-state index in [1.165, 1.54) is 0 Å². The molecule has 1 N–H and O–H groups in total. The molecule has 0 bridgehead atoms. The van der Waals surface area contributed by atoms with Gasteiger partial charge in [-0.15, -0.1) is 0 Å². The summed E-state index contributed by atoms with van der Waals surface area (Å²) in [6.45, 7) is 2.40. The molecular formula is C24H23Cl2NaO4. The number of allylic oxidation sites excluding steroid dienone is 2. The molecule has 2 aromatic carbocycles. The first kappa shape index (κ1) is 24.3. The SMILES string of the molecule is CCCC12CCC(=O)C=C1c1c(cc(OCc3ccc(C(=O)O)cc3)c(Cl)c1Cl)C2.[H-].[Na+]. The third-order valence-electron chi connectivity index (χ3n) is 6.10. The van der Waals surface area contributed by atoms with E-state index in [0.717, 1.165) is 47.9 Å². The Labute approximate surface area is 215 Å². The molecule has 0 aliphatic heterocycles. The number of rotatable bonds is 6.